The minimum atomic E-state index is -0.655. The lowest BCUT2D eigenvalue weighted by molar-refractivity contribution is -0.137. The molecule has 2 fully saturated rings. The summed E-state index contributed by atoms with van der Waals surface area (Å²) in [4.78, 5) is 36.5. The zero-order valence-corrected chi connectivity index (χ0v) is 14.9. The predicted octanol–water partition coefficient (Wildman–Crippen LogP) is 1.57. The largest absolute Gasteiger partial charge is 0.361 e. The van der Waals surface area contributed by atoms with Crippen molar-refractivity contribution in [3.63, 3.8) is 0 Å². The number of aromatic nitrogens is 2. The maximum absolute atomic E-state index is 13.6. The third-order valence-electron chi connectivity index (χ3n) is 4.97. The van der Waals surface area contributed by atoms with Gasteiger partial charge in [0.1, 0.15) is 29.5 Å². The number of likely N-dealkylation sites (tertiary alicyclic amines) is 1. The predicted molar refractivity (Wildman–Crippen MR) is 94.7 cm³/mol. The fourth-order valence-electron chi connectivity index (χ4n) is 3.60. The molecule has 2 aliphatic heterocycles. The Morgan fingerprint density at radius 2 is 2.15 bits per heavy atom. The molecule has 0 saturated carbocycles. The van der Waals surface area contributed by atoms with Gasteiger partial charge in [0.15, 0.2) is 0 Å². The van der Waals surface area contributed by atoms with Crippen LogP contribution in [0.3, 0.4) is 0 Å². The van der Waals surface area contributed by atoms with Crippen LogP contribution in [0.4, 0.5) is 10.1 Å². The quantitative estimate of drug-likeness (QED) is 0.802. The summed E-state index contributed by atoms with van der Waals surface area (Å²) >= 11 is 0. The first-order valence-corrected chi connectivity index (χ1v) is 8.75. The lowest BCUT2D eigenvalue weighted by Gasteiger charge is -2.40. The molecule has 1 unspecified atom stereocenters. The van der Waals surface area contributed by atoms with E-state index in [1.54, 1.807) is 36.2 Å². The molecule has 2 aliphatic rings. The van der Waals surface area contributed by atoms with Crippen molar-refractivity contribution in [2.24, 2.45) is 0 Å². The molecule has 0 radical (unpaired) electrons. The van der Waals surface area contributed by atoms with Gasteiger partial charge in [0.25, 0.3) is 11.8 Å². The number of aryl methyl sites for hydroxylation is 1. The second-order valence-electron chi connectivity index (χ2n) is 6.90. The highest BCUT2D eigenvalue weighted by atomic mass is 19.1. The molecule has 3 heterocycles. The van der Waals surface area contributed by atoms with Gasteiger partial charge in [-0.25, -0.2) is 14.4 Å². The normalized spacial score (nSPS) is 22.5. The topological polar surface area (TPSA) is 75.6 Å². The summed E-state index contributed by atoms with van der Waals surface area (Å²) in [5.74, 6) is -0.271. The van der Waals surface area contributed by atoms with Crippen LogP contribution in [-0.2, 0) is 9.53 Å². The van der Waals surface area contributed by atoms with E-state index >= 15 is 0 Å². The number of carbonyl (C=O) groups excluding carboxylic acids is 2. The summed E-state index contributed by atoms with van der Waals surface area (Å²) in [6.45, 7) is 2.78. The van der Waals surface area contributed by atoms with E-state index in [1.807, 2.05) is 0 Å². The van der Waals surface area contributed by atoms with Crippen LogP contribution in [0.2, 0.25) is 0 Å². The molecule has 4 rings (SSSR count). The maximum Gasteiger partial charge on any atom is 0.272 e. The Hall–Kier alpha value is -2.87. The Morgan fingerprint density at radius 3 is 2.93 bits per heavy atom. The standard InChI is InChI=1S/C19H19FN4O3/c1-13-21-7-5-16(22-13)18(26)23-8-6-19(11-23)12-24(17(25)10-27-19)15-4-2-3-14(20)9-15/h2-5,7,9H,6,8,10-12H2,1H3. The molecule has 2 saturated heterocycles. The van der Waals surface area contributed by atoms with Crippen molar-refractivity contribution in [2.75, 3.05) is 31.1 Å². The van der Waals surface area contributed by atoms with E-state index in [2.05, 4.69) is 9.97 Å². The van der Waals surface area contributed by atoms with E-state index in [1.165, 1.54) is 17.0 Å². The summed E-state index contributed by atoms with van der Waals surface area (Å²) in [5, 5.41) is 0. The second kappa shape index (κ2) is 6.70. The number of hydrogen-bond donors (Lipinski definition) is 0. The van der Waals surface area contributed by atoms with Crippen molar-refractivity contribution in [3.05, 3.63) is 53.9 Å². The first-order valence-electron chi connectivity index (χ1n) is 8.75. The molecule has 0 aliphatic carbocycles. The minimum Gasteiger partial charge on any atom is -0.361 e. The van der Waals surface area contributed by atoms with E-state index in [-0.39, 0.29) is 25.0 Å². The number of nitrogens with zero attached hydrogens (tertiary/aromatic N) is 4. The van der Waals surface area contributed by atoms with Gasteiger partial charge in [0.2, 0.25) is 0 Å². The molecule has 27 heavy (non-hydrogen) atoms. The van der Waals surface area contributed by atoms with Gasteiger partial charge in [0.05, 0.1) is 13.1 Å². The first-order chi connectivity index (χ1) is 13.0. The molecule has 1 atom stereocenters. The number of rotatable bonds is 2. The number of amides is 2. The molecule has 2 aromatic rings. The number of ether oxygens (including phenoxy) is 1. The number of benzene rings is 1. The Kier molecular flexibility index (Phi) is 4.35. The third kappa shape index (κ3) is 3.40. The number of halogens is 1. The van der Waals surface area contributed by atoms with Gasteiger partial charge < -0.3 is 14.5 Å². The molecule has 0 N–H and O–H groups in total. The van der Waals surface area contributed by atoms with Crippen molar-refractivity contribution in [1.82, 2.24) is 14.9 Å². The highest BCUT2D eigenvalue weighted by Crippen LogP contribution is 2.32. The van der Waals surface area contributed by atoms with Gasteiger partial charge >= 0.3 is 0 Å². The SMILES string of the molecule is Cc1nccc(C(=O)N2CCC3(C2)CN(c2cccc(F)c2)C(=O)CO3)n1. The molecule has 1 spiro atoms. The van der Waals surface area contributed by atoms with Gasteiger partial charge in [-0.05, 0) is 37.6 Å². The number of morpholine rings is 1. The highest BCUT2D eigenvalue weighted by molar-refractivity contribution is 5.95. The highest BCUT2D eigenvalue weighted by Gasteiger charge is 2.46. The van der Waals surface area contributed by atoms with Crippen LogP contribution in [0, 0.1) is 12.7 Å². The molecule has 7 nitrogen and oxygen atoms in total. The average Bonchev–Trinajstić information content (AvgIpc) is 3.07. The molecular formula is C19H19FN4O3. The summed E-state index contributed by atoms with van der Waals surface area (Å²) in [6.07, 6.45) is 2.16. The second-order valence-corrected chi connectivity index (χ2v) is 6.90. The van der Waals surface area contributed by atoms with Crippen LogP contribution in [-0.4, -0.2) is 58.5 Å². The summed E-state index contributed by atoms with van der Waals surface area (Å²) in [6, 6.07) is 7.52. The number of hydrogen-bond acceptors (Lipinski definition) is 5. The molecule has 1 aromatic carbocycles. The first kappa shape index (κ1) is 17.5. The molecule has 2 amide bonds. The van der Waals surface area contributed by atoms with Crippen molar-refractivity contribution >= 4 is 17.5 Å². The number of carbonyl (C=O) groups is 2. The van der Waals surface area contributed by atoms with Gasteiger partial charge in [0, 0.05) is 18.4 Å². The Morgan fingerprint density at radius 1 is 1.30 bits per heavy atom. The lowest BCUT2D eigenvalue weighted by Crippen LogP contribution is -2.56. The van der Waals surface area contributed by atoms with E-state index < -0.39 is 11.4 Å². The van der Waals surface area contributed by atoms with E-state index in [9.17, 15) is 14.0 Å². The molecule has 140 valence electrons. The fraction of sp³-hybridized carbons (Fsp3) is 0.368. The molecule has 8 heteroatoms. The smallest absolute Gasteiger partial charge is 0.272 e. The molecule has 1 aromatic heterocycles. The van der Waals surface area contributed by atoms with Crippen LogP contribution < -0.4 is 4.90 Å². The van der Waals surface area contributed by atoms with Crippen LogP contribution in [0.25, 0.3) is 0 Å². The Balaban J connectivity index is 1.52. The minimum absolute atomic E-state index is 0.0921. The monoisotopic (exact) mass is 370 g/mol. The zero-order chi connectivity index (χ0) is 19.0. The van der Waals surface area contributed by atoms with Gasteiger partial charge in [-0.15, -0.1) is 0 Å². The molecule has 0 bridgehead atoms. The van der Waals surface area contributed by atoms with Crippen LogP contribution >= 0.6 is 0 Å². The lowest BCUT2D eigenvalue weighted by atomic mass is 10.00. The number of anilines is 1. The Labute approximate surface area is 155 Å². The maximum atomic E-state index is 13.6. The van der Waals surface area contributed by atoms with Crippen LogP contribution in [0.1, 0.15) is 22.7 Å². The van der Waals surface area contributed by atoms with Crippen molar-refractivity contribution in [1.29, 1.82) is 0 Å². The van der Waals surface area contributed by atoms with Gasteiger partial charge in [-0.3, -0.25) is 9.59 Å². The summed E-state index contributed by atoms with van der Waals surface area (Å²) in [7, 11) is 0. The van der Waals surface area contributed by atoms with Crippen LogP contribution in [0.5, 0.6) is 0 Å². The van der Waals surface area contributed by atoms with E-state index in [0.717, 1.165) is 0 Å². The third-order valence-corrected chi connectivity index (χ3v) is 4.97. The average molecular weight is 370 g/mol. The van der Waals surface area contributed by atoms with Gasteiger partial charge in [-0.2, -0.15) is 0 Å². The fourth-order valence-corrected chi connectivity index (χ4v) is 3.60. The van der Waals surface area contributed by atoms with Gasteiger partial charge in [-0.1, -0.05) is 6.07 Å². The van der Waals surface area contributed by atoms with E-state index in [4.69, 9.17) is 4.74 Å². The summed E-state index contributed by atoms with van der Waals surface area (Å²) < 4.78 is 19.4. The van der Waals surface area contributed by atoms with Crippen molar-refractivity contribution in [3.8, 4) is 0 Å². The van der Waals surface area contributed by atoms with E-state index in [0.29, 0.717) is 36.7 Å². The van der Waals surface area contributed by atoms with Crippen LogP contribution in [0.15, 0.2) is 36.5 Å². The summed E-state index contributed by atoms with van der Waals surface area (Å²) in [5.41, 5.74) is 0.185. The molecular weight excluding hydrogens is 351 g/mol. The zero-order valence-electron chi connectivity index (χ0n) is 14.9. The Bertz CT molecular complexity index is 906. The van der Waals surface area contributed by atoms with Crippen molar-refractivity contribution < 1.29 is 18.7 Å². The van der Waals surface area contributed by atoms with Crippen molar-refractivity contribution in [2.45, 2.75) is 18.9 Å².